The number of likely N-dealkylation sites (N-methyl/N-ethyl adjacent to an activating group) is 1. The molecule has 0 saturated carbocycles. The SMILES string of the molecule is CNCC(C)(CC(C)C)c1ccc(C(C)(C)C)cc1. The molecule has 0 aliphatic carbocycles. The van der Waals surface area contributed by atoms with Gasteiger partial charge in [0.05, 0.1) is 0 Å². The van der Waals surface area contributed by atoms with E-state index in [2.05, 4.69) is 71.1 Å². The zero-order valence-corrected chi connectivity index (χ0v) is 13.8. The Kier molecular flexibility index (Phi) is 5.20. The molecule has 0 aliphatic rings. The number of benzene rings is 1. The van der Waals surface area contributed by atoms with Crippen molar-refractivity contribution >= 4 is 0 Å². The van der Waals surface area contributed by atoms with Crippen LogP contribution in [0.1, 0.15) is 59.1 Å². The molecule has 1 N–H and O–H groups in total. The zero-order valence-electron chi connectivity index (χ0n) is 13.8. The van der Waals surface area contributed by atoms with Gasteiger partial charge in [-0.25, -0.2) is 0 Å². The molecule has 0 fully saturated rings. The summed E-state index contributed by atoms with van der Waals surface area (Å²) in [6, 6.07) is 9.23. The van der Waals surface area contributed by atoms with Crippen LogP contribution in [-0.4, -0.2) is 13.6 Å². The number of hydrogen-bond acceptors (Lipinski definition) is 1. The largest absolute Gasteiger partial charge is 0.319 e. The third kappa shape index (κ3) is 4.35. The summed E-state index contributed by atoms with van der Waals surface area (Å²) >= 11 is 0. The molecule has 0 aromatic heterocycles. The summed E-state index contributed by atoms with van der Waals surface area (Å²) in [5, 5.41) is 3.36. The second-order valence-corrected chi connectivity index (χ2v) is 7.52. The normalized spacial score (nSPS) is 15.6. The first-order valence-electron chi connectivity index (χ1n) is 7.44. The maximum atomic E-state index is 3.36. The van der Waals surface area contributed by atoms with E-state index in [4.69, 9.17) is 0 Å². The fraction of sp³-hybridized carbons (Fsp3) is 0.667. The summed E-state index contributed by atoms with van der Waals surface area (Å²) < 4.78 is 0. The van der Waals surface area contributed by atoms with E-state index in [-0.39, 0.29) is 10.8 Å². The third-order valence-electron chi connectivity index (χ3n) is 3.87. The van der Waals surface area contributed by atoms with Crippen LogP contribution in [0.25, 0.3) is 0 Å². The highest BCUT2D eigenvalue weighted by atomic mass is 14.8. The average Bonchev–Trinajstić information content (AvgIpc) is 2.27. The first-order chi connectivity index (χ1) is 8.69. The molecule has 0 aliphatic heterocycles. The minimum atomic E-state index is 0.222. The number of rotatable bonds is 5. The molecule has 1 nitrogen and oxygen atoms in total. The van der Waals surface area contributed by atoms with Gasteiger partial charge in [0, 0.05) is 12.0 Å². The molecule has 0 amide bonds. The molecule has 0 saturated heterocycles. The van der Waals surface area contributed by atoms with Gasteiger partial charge < -0.3 is 5.32 Å². The van der Waals surface area contributed by atoms with Gasteiger partial charge in [0.1, 0.15) is 0 Å². The number of hydrogen-bond donors (Lipinski definition) is 1. The molecule has 0 spiro atoms. The molecular weight excluding hydrogens is 230 g/mol. The van der Waals surface area contributed by atoms with Crippen LogP contribution >= 0.6 is 0 Å². The quantitative estimate of drug-likeness (QED) is 0.822. The van der Waals surface area contributed by atoms with Crippen LogP contribution in [0, 0.1) is 5.92 Å². The van der Waals surface area contributed by atoms with Crippen molar-refractivity contribution in [3.63, 3.8) is 0 Å². The van der Waals surface area contributed by atoms with Crippen LogP contribution in [0.5, 0.6) is 0 Å². The van der Waals surface area contributed by atoms with E-state index < -0.39 is 0 Å². The van der Waals surface area contributed by atoms with E-state index in [9.17, 15) is 0 Å². The van der Waals surface area contributed by atoms with Gasteiger partial charge in [-0.1, -0.05) is 65.8 Å². The fourth-order valence-electron chi connectivity index (χ4n) is 2.96. The second-order valence-electron chi connectivity index (χ2n) is 7.52. The Labute approximate surface area is 119 Å². The minimum Gasteiger partial charge on any atom is -0.319 e. The summed E-state index contributed by atoms with van der Waals surface area (Å²) in [5.74, 6) is 0.709. The molecular formula is C18H31N. The minimum absolute atomic E-state index is 0.222. The summed E-state index contributed by atoms with van der Waals surface area (Å²) in [5.41, 5.74) is 3.31. The second kappa shape index (κ2) is 6.09. The van der Waals surface area contributed by atoms with E-state index in [1.807, 2.05) is 7.05 Å². The molecule has 1 unspecified atom stereocenters. The standard InChI is InChI=1S/C18H31N/c1-14(2)12-18(6,13-19-7)16-10-8-15(9-11-16)17(3,4)5/h8-11,14,19H,12-13H2,1-7H3. The van der Waals surface area contributed by atoms with Crippen molar-refractivity contribution in [2.45, 2.75) is 58.8 Å². The van der Waals surface area contributed by atoms with Crippen LogP contribution in [0.15, 0.2) is 24.3 Å². The predicted octanol–water partition coefficient (Wildman–Crippen LogP) is 4.51. The molecule has 0 heterocycles. The monoisotopic (exact) mass is 261 g/mol. The van der Waals surface area contributed by atoms with E-state index >= 15 is 0 Å². The first-order valence-corrected chi connectivity index (χ1v) is 7.44. The maximum Gasteiger partial charge on any atom is 0.00518 e. The summed E-state index contributed by atoms with van der Waals surface area (Å²) in [7, 11) is 2.04. The van der Waals surface area contributed by atoms with Crippen molar-refractivity contribution in [3.05, 3.63) is 35.4 Å². The van der Waals surface area contributed by atoms with Crippen LogP contribution < -0.4 is 5.32 Å². The van der Waals surface area contributed by atoms with E-state index in [1.54, 1.807) is 0 Å². The lowest BCUT2D eigenvalue weighted by molar-refractivity contribution is 0.357. The number of nitrogens with one attached hydrogen (secondary N) is 1. The molecule has 1 atom stereocenters. The Hall–Kier alpha value is -0.820. The molecule has 19 heavy (non-hydrogen) atoms. The van der Waals surface area contributed by atoms with Gasteiger partial charge in [-0.15, -0.1) is 0 Å². The van der Waals surface area contributed by atoms with Gasteiger partial charge in [-0.3, -0.25) is 0 Å². The van der Waals surface area contributed by atoms with E-state index in [0.29, 0.717) is 5.92 Å². The summed E-state index contributed by atoms with van der Waals surface area (Å²) in [6.07, 6.45) is 1.21. The van der Waals surface area contributed by atoms with Gasteiger partial charge in [0.15, 0.2) is 0 Å². The molecule has 0 radical (unpaired) electrons. The van der Waals surface area contributed by atoms with Crippen LogP contribution in [0.4, 0.5) is 0 Å². The van der Waals surface area contributed by atoms with Gasteiger partial charge in [-0.2, -0.15) is 0 Å². The maximum absolute atomic E-state index is 3.36. The third-order valence-corrected chi connectivity index (χ3v) is 3.87. The molecule has 1 aromatic rings. The molecule has 1 aromatic carbocycles. The lowest BCUT2D eigenvalue weighted by atomic mass is 9.75. The van der Waals surface area contributed by atoms with Crippen molar-refractivity contribution in [2.75, 3.05) is 13.6 Å². The lowest BCUT2D eigenvalue weighted by Crippen LogP contribution is -2.35. The summed E-state index contributed by atoms with van der Waals surface area (Å²) in [6.45, 7) is 14.8. The zero-order chi connectivity index (χ0) is 14.7. The predicted molar refractivity (Wildman–Crippen MR) is 85.9 cm³/mol. The summed E-state index contributed by atoms with van der Waals surface area (Å²) in [4.78, 5) is 0. The molecule has 1 heteroatoms. The van der Waals surface area contributed by atoms with Crippen molar-refractivity contribution in [3.8, 4) is 0 Å². The Morgan fingerprint density at radius 1 is 0.947 bits per heavy atom. The van der Waals surface area contributed by atoms with Gasteiger partial charge in [0.25, 0.3) is 0 Å². The average molecular weight is 261 g/mol. The van der Waals surface area contributed by atoms with Crippen molar-refractivity contribution in [2.24, 2.45) is 5.92 Å². The molecule has 108 valence electrons. The highest BCUT2D eigenvalue weighted by Gasteiger charge is 2.27. The highest BCUT2D eigenvalue weighted by Crippen LogP contribution is 2.32. The van der Waals surface area contributed by atoms with E-state index in [0.717, 1.165) is 6.54 Å². The van der Waals surface area contributed by atoms with Crippen molar-refractivity contribution in [1.29, 1.82) is 0 Å². The molecule has 1 rings (SSSR count). The smallest absolute Gasteiger partial charge is 0.00518 e. The highest BCUT2D eigenvalue weighted by molar-refractivity contribution is 5.32. The Balaban J connectivity index is 3.04. The van der Waals surface area contributed by atoms with Crippen LogP contribution in [0.3, 0.4) is 0 Å². The molecule has 0 bridgehead atoms. The van der Waals surface area contributed by atoms with Crippen molar-refractivity contribution in [1.82, 2.24) is 5.32 Å². The van der Waals surface area contributed by atoms with Crippen LogP contribution in [0.2, 0.25) is 0 Å². The first kappa shape index (κ1) is 16.2. The fourth-order valence-corrected chi connectivity index (χ4v) is 2.96. The lowest BCUT2D eigenvalue weighted by Gasteiger charge is -2.32. The van der Waals surface area contributed by atoms with Gasteiger partial charge >= 0.3 is 0 Å². The van der Waals surface area contributed by atoms with Crippen molar-refractivity contribution < 1.29 is 0 Å². The topological polar surface area (TPSA) is 12.0 Å². The Bertz CT molecular complexity index is 383. The van der Waals surface area contributed by atoms with Gasteiger partial charge in [-0.05, 0) is 35.9 Å². The Morgan fingerprint density at radius 2 is 1.42 bits per heavy atom. The van der Waals surface area contributed by atoms with Gasteiger partial charge in [0.2, 0.25) is 0 Å². The van der Waals surface area contributed by atoms with Crippen LogP contribution in [-0.2, 0) is 10.8 Å². The Morgan fingerprint density at radius 3 is 1.79 bits per heavy atom. The van der Waals surface area contributed by atoms with E-state index in [1.165, 1.54) is 17.5 Å².